The SMILES string of the molecule is C#Cc1c[nH]c2c(NS(=O)(=O)c3ccc(CNC(=O)COCCOCCOc4cc(CN5CCC(OC(/C=C\C)=c6\sccc6=C)CC5)on4)cc3)ccc(C)c12. The molecule has 57 heavy (non-hydrogen) atoms. The van der Waals surface area contributed by atoms with Crippen molar-refractivity contribution in [3.8, 4) is 18.2 Å². The lowest BCUT2D eigenvalue weighted by Gasteiger charge is -2.31. The molecule has 0 aliphatic carbocycles. The molecule has 2 aromatic carbocycles. The maximum atomic E-state index is 13.1. The molecule has 3 aromatic heterocycles. The Balaban J connectivity index is 0.815. The number of terminal acetylenes is 1. The summed E-state index contributed by atoms with van der Waals surface area (Å²) in [6.45, 7) is 11.6. The fraction of sp³-hybridized carbons (Fsp3) is 0.333. The molecular weight excluding hydrogens is 767 g/mol. The van der Waals surface area contributed by atoms with E-state index in [2.05, 4.69) is 37.6 Å². The van der Waals surface area contributed by atoms with E-state index in [1.807, 2.05) is 43.5 Å². The molecule has 1 saturated heterocycles. The molecule has 0 radical (unpaired) electrons. The number of ether oxygens (including phenoxy) is 4. The number of carbonyl (C=O) groups is 1. The summed E-state index contributed by atoms with van der Waals surface area (Å²) >= 11 is 1.65. The molecule has 0 bridgehead atoms. The summed E-state index contributed by atoms with van der Waals surface area (Å²) in [6, 6.07) is 13.6. The van der Waals surface area contributed by atoms with Crippen molar-refractivity contribution in [2.75, 3.05) is 50.8 Å². The fourth-order valence-electron chi connectivity index (χ4n) is 6.34. The quantitative estimate of drug-likeness (QED) is 0.0781. The summed E-state index contributed by atoms with van der Waals surface area (Å²) in [5.74, 6) is 4.32. The summed E-state index contributed by atoms with van der Waals surface area (Å²) in [6.07, 6.45) is 13.3. The molecule has 0 spiro atoms. The van der Waals surface area contributed by atoms with E-state index in [1.54, 1.807) is 41.8 Å². The molecule has 0 atom stereocenters. The van der Waals surface area contributed by atoms with Gasteiger partial charge in [0.2, 0.25) is 5.91 Å². The van der Waals surface area contributed by atoms with Crippen molar-refractivity contribution in [3.05, 3.63) is 104 Å². The Morgan fingerprint density at radius 3 is 2.63 bits per heavy atom. The maximum absolute atomic E-state index is 13.1. The Morgan fingerprint density at radius 2 is 1.89 bits per heavy atom. The molecule has 300 valence electrons. The molecule has 0 saturated carbocycles. The van der Waals surface area contributed by atoms with Crippen LogP contribution in [0.3, 0.4) is 0 Å². The number of sulfonamides is 1. The lowest BCUT2D eigenvalue weighted by molar-refractivity contribution is -0.126. The number of aromatic amines is 1. The summed E-state index contributed by atoms with van der Waals surface area (Å²) < 4.78 is 58.5. The van der Waals surface area contributed by atoms with Crippen molar-refractivity contribution in [2.24, 2.45) is 0 Å². The van der Waals surface area contributed by atoms with Crippen molar-refractivity contribution in [3.63, 3.8) is 0 Å². The first-order chi connectivity index (χ1) is 27.6. The van der Waals surface area contributed by atoms with Crippen LogP contribution in [-0.4, -0.2) is 81.6 Å². The van der Waals surface area contributed by atoms with E-state index >= 15 is 0 Å². The molecule has 1 amide bonds. The maximum Gasteiger partial charge on any atom is 0.261 e. The van der Waals surface area contributed by atoms with Gasteiger partial charge in [-0.25, -0.2) is 8.42 Å². The summed E-state index contributed by atoms with van der Waals surface area (Å²) in [7, 11) is -3.88. The van der Waals surface area contributed by atoms with Gasteiger partial charge in [-0.2, -0.15) is 0 Å². The first-order valence-corrected chi connectivity index (χ1v) is 21.0. The number of allylic oxidation sites excluding steroid dienone is 1. The van der Waals surface area contributed by atoms with Crippen molar-refractivity contribution in [2.45, 2.75) is 50.8 Å². The third-order valence-electron chi connectivity index (χ3n) is 9.28. The number of thiophene rings is 1. The van der Waals surface area contributed by atoms with Crippen molar-refractivity contribution < 1.29 is 36.7 Å². The van der Waals surface area contributed by atoms with Gasteiger partial charge in [-0.15, -0.1) is 17.8 Å². The van der Waals surface area contributed by atoms with E-state index in [9.17, 15) is 13.2 Å². The number of aromatic nitrogens is 2. The van der Waals surface area contributed by atoms with E-state index in [0.29, 0.717) is 35.8 Å². The standard InChI is InChI=1S/C42H47N5O8S2/c1-5-7-37(42-30(4)16-23-56-42)54-33-14-17-47(18-15-33)27-34-24-39(45-55-34)53-22-21-51-19-20-52-28-38(48)43-25-31-9-11-35(12-10-31)57(49,50)46-36-13-8-29(3)40-32(6-2)26-44-41(36)40/h2,5,7-13,16,23-24,26,33,44,46H,4,14-15,17-22,25,27-28H2,1,3H3,(H,43,48)/b7-5-,42-37-. The van der Waals surface area contributed by atoms with Gasteiger partial charge in [0.05, 0.1) is 47.0 Å². The Morgan fingerprint density at radius 1 is 1.12 bits per heavy atom. The molecule has 4 heterocycles. The molecule has 13 nitrogen and oxygen atoms in total. The molecule has 5 aromatic rings. The second kappa shape index (κ2) is 19.7. The zero-order chi connectivity index (χ0) is 40.2. The number of nitrogens with one attached hydrogen (secondary N) is 3. The van der Waals surface area contributed by atoms with Crippen molar-refractivity contribution >= 4 is 56.2 Å². The molecule has 15 heteroatoms. The van der Waals surface area contributed by atoms with Crippen LogP contribution < -0.4 is 24.5 Å². The Labute approximate surface area is 336 Å². The van der Waals surface area contributed by atoms with Gasteiger partial charge in [0, 0.05) is 42.8 Å². The molecule has 1 aliphatic heterocycles. The molecule has 0 unspecified atom stereocenters. The van der Waals surface area contributed by atoms with Gasteiger partial charge in [-0.3, -0.25) is 14.4 Å². The Hall–Kier alpha value is -5.37. The number of hydrogen-bond acceptors (Lipinski definition) is 11. The van der Waals surface area contributed by atoms with Crippen LogP contribution in [0.4, 0.5) is 5.69 Å². The molecule has 1 aliphatic rings. The van der Waals surface area contributed by atoms with Crippen LogP contribution in [0.25, 0.3) is 23.2 Å². The highest BCUT2D eigenvalue weighted by atomic mass is 32.2. The van der Waals surface area contributed by atoms with Crippen LogP contribution in [0.15, 0.2) is 81.7 Å². The number of nitrogens with zero attached hydrogens (tertiary/aromatic N) is 2. The minimum absolute atomic E-state index is 0.0832. The highest BCUT2D eigenvalue weighted by Crippen LogP contribution is 2.30. The lowest BCUT2D eigenvalue weighted by Crippen LogP contribution is -2.37. The predicted octanol–water partition coefficient (Wildman–Crippen LogP) is 4.81. The number of piperidine rings is 1. The topological polar surface area (TPSA) is 157 Å². The highest BCUT2D eigenvalue weighted by Gasteiger charge is 2.23. The third kappa shape index (κ3) is 11.1. The number of carbonyl (C=O) groups excluding carboxylic acids is 1. The molecule has 6 rings (SSSR count). The molecule has 1 fully saturated rings. The second-order valence-corrected chi connectivity index (χ2v) is 16.0. The van der Waals surface area contributed by atoms with Crippen LogP contribution in [0.5, 0.6) is 5.88 Å². The van der Waals surface area contributed by atoms with E-state index in [0.717, 1.165) is 63.7 Å². The average molecular weight is 814 g/mol. The summed E-state index contributed by atoms with van der Waals surface area (Å²) in [5.41, 5.74) is 3.35. The number of benzene rings is 2. The number of amides is 1. The number of H-pyrrole nitrogens is 1. The smallest absolute Gasteiger partial charge is 0.261 e. The zero-order valence-electron chi connectivity index (χ0n) is 32.0. The van der Waals surface area contributed by atoms with Crippen LogP contribution >= 0.6 is 11.3 Å². The van der Waals surface area contributed by atoms with Crippen molar-refractivity contribution in [1.29, 1.82) is 0 Å². The van der Waals surface area contributed by atoms with E-state index < -0.39 is 10.0 Å². The van der Waals surface area contributed by atoms with Gasteiger partial charge >= 0.3 is 0 Å². The zero-order valence-corrected chi connectivity index (χ0v) is 33.7. The minimum atomic E-state index is -3.88. The number of rotatable bonds is 19. The first kappa shape index (κ1) is 41.3. The van der Waals surface area contributed by atoms with Gasteiger partial charge < -0.3 is 33.8 Å². The van der Waals surface area contributed by atoms with Gasteiger partial charge in [-0.1, -0.05) is 36.8 Å². The average Bonchev–Trinajstić information content (AvgIpc) is 3.97. The summed E-state index contributed by atoms with van der Waals surface area (Å²) in [4.78, 5) is 17.8. The highest BCUT2D eigenvalue weighted by molar-refractivity contribution is 7.92. The number of hydrogen-bond donors (Lipinski definition) is 3. The predicted molar refractivity (Wildman–Crippen MR) is 220 cm³/mol. The number of aryl methyl sites for hydroxylation is 1. The van der Waals surface area contributed by atoms with Gasteiger partial charge in [0.15, 0.2) is 5.76 Å². The number of fused-ring (bicyclic) bond motifs is 1. The second-order valence-electron chi connectivity index (χ2n) is 13.4. The van der Waals surface area contributed by atoms with Crippen LogP contribution in [-0.2, 0) is 42.1 Å². The van der Waals surface area contributed by atoms with E-state index in [1.165, 1.54) is 12.1 Å². The van der Waals surface area contributed by atoms with E-state index in [-0.39, 0.29) is 49.9 Å². The molecular formula is C42H47N5O8S2. The lowest BCUT2D eigenvalue weighted by atomic mass is 10.1. The van der Waals surface area contributed by atoms with Crippen LogP contribution in [0.2, 0.25) is 0 Å². The van der Waals surface area contributed by atoms with Crippen molar-refractivity contribution in [1.82, 2.24) is 20.4 Å². The third-order valence-corrected chi connectivity index (χ3v) is 11.6. The molecule has 3 N–H and O–H groups in total. The first-order valence-electron chi connectivity index (χ1n) is 18.6. The van der Waals surface area contributed by atoms with Crippen LogP contribution in [0, 0.1) is 19.3 Å². The number of likely N-dealkylation sites (tertiary alicyclic amines) is 1. The van der Waals surface area contributed by atoms with Gasteiger partial charge in [0.25, 0.3) is 15.9 Å². The largest absolute Gasteiger partial charge is 0.489 e. The normalized spacial score (nSPS) is 14.5. The Bertz CT molecular complexity index is 2420. The fourth-order valence-corrected chi connectivity index (χ4v) is 8.24. The van der Waals surface area contributed by atoms with Crippen LogP contribution in [0.1, 0.15) is 42.2 Å². The van der Waals surface area contributed by atoms with E-state index in [4.69, 9.17) is 29.9 Å². The monoisotopic (exact) mass is 813 g/mol. The number of anilines is 1. The van der Waals surface area contributed by atoms with Gasteiger partial charge in [-0.05, 0) is 83.9 Å². The Kier molecular flexibility index (Phi) is 14.2. The summed E-state index contributed by atoms with van der Waals surface area (Å²) in [5, 5.41) is 10.6. The minimum Gasteiger partial charge on any atom is -0.489 e. The van der Waals surface area contributed by atoms with Gasteiger partial charge in [0.1, 0.15) is 25.1 Å².